The van der Waals surface area contributed by atoms with E-state index in [1.165, 1.54) is 14.2 Å². The van der Waals surface area contributed by atoms with Crippen LogP contribution in [0.15, 0.2) is 12.1 Å². The lowest BCUT2D eigenvalue weighted by molar-refractivity contribution is -0.122. The van der Waals surface area contributed by atoms with Gasteiger partial charge in [0.2, 0.25) is 11.7 Å². The monoisotopic (exact) mass is 284 g/mol. The zero-order valence-electron chi connectivity index (χ0n) is 11.6. The summed E-state index contributed by atoms with van der Waals surface area (Å²) in [4.78, 5) is 10.5. The van der Waals surface area contributed by atoms with Gasteiger partial charge in [-0.2, -0.15) is 0 Å². The van der Waals surface area contributed by atoms with Gasteiger partial charge < -0.3 is 30.4 Å². The first-order valence-corrected chi connectivity index (χ1v) is 6.09. The van der Waals surface area contributed by atoms with Crippen LogP contribution in [0.4, 0.5) is 0 Å². The fourth-order valence-electron chi connectivity index (χ4n) is 1.60. The number of amides is 1. The highest BCUT2D eigenvalue weighted by molar-refractivity contribution is 5.74. The lowest BCUT2D eigenvalue weighted by atomic mass is 10.2. The van der Waals surface area contributed by atoms with Gasteiger partial charge in [-0.15, -0.1) is 0 Å². The second-order valence-corrected chi connectivity index (χ2v) is 4.04. The molecular formula is C13H20N2O5. The molecule has 1 aromatic rings. The number of carbonyl (C=O) groups is 1. The fourth-order valence-corrected chi connectivity index (χ4v) is 1.60. The molecule has 7 nitrogen and oxygen atoms in total. The van der Waals surface area contributed by atoms with Crippen LogP contribution < -0.4 is 20.5 Å². The summed E-state index contributed by atoms with van der Waals surface area (Å²) in [5, 5.41) is 12.9. The van der Waals surface area contributed by atoms with E-state index in [2.05, 4.69) is 5.32 Å². The van der Waals surface area contributed by atoms with Gasteiger partial charge in [0.25, 0.3) is 0 Å². The van der Waals surface area contributed by atoms with Crippen molar-refractivity contribution in [3.05, 3.63) is 17.7 Å². The minimum absolute atomic E-state index is 0.0245. The number of ether oxygens (including phenoxy) is 3. The van der Waals surface area contributed by atoms with Gasteiger partial charge in [0.1, 0.15) is 6.61 Å². The molecule has 0 bridgehead atoms. The van der Waals surface area contributed by atoms with Gasteiger partial charge in [0, 0.05) is 13.1 Å². The average molecular weight is 284 g/mol. The van der Waals surface area contributed by atoms with Crippen molar-refractivity contribution in [3.63, 3.8) is 0 Å². The first-order valence-electron chi connectivity index (χ1n) is 6.09. The Morgan fingerprint density at radius 3 is 2.40 bits per heavy atom. The van der Waals surface area contributed by atoms with Crippen LogP contribution in [0.25, 0.3) is 0 Å². The van der Waals surface area contributed by atoms with E-state index in [0.717, 1.165) is 5.56 Å². The quantitative estimate of drug-likeness (QED) is 0.552. The molecule has 0 heterocycles. The molecule has 0 aliphatic heterocycles. The predicted molar refractivity (Wildman–Crippen MR) is 72.9 cm³/mol. The maximum Gasteiger partial charge on any atom is 0.243 e. The Hall–Kier alpha value is -1.99. The summed E-state index contributed by atoms with van der Waals surface area (Å²) in [6.07, 6.45) is 0. The molecule has 0 saturated carbocycles. The van der Waals surface area contributed by atoms with E-state index in [9.17, 15) is 9.90 Å². The highest BCUT2D eigenvalue weighted by atomic mass is 16.5. The predicted octanol–water partition coefficient (Wildman–Crippen LogP) is 0.000900. The lowest BCUT2D eigenvalue weighted by Crippen LogP contribution is -2.23. The maximum absolute atomic E-state index is 10.5. The molecule has 7 heteroatoms. The SMILES string of the molecule is COc1cc(CNCCOCC(N)=O)cc(OC)c1O. The molecule has 1 aromatic carbocycles. The van der Waals surface area contributed by atoms with E-state index in [1.54, 1.807) is 12.1 Å². The molecule has 0 aliphatic rings. The first kappa shape index (κ1) is 16.1. The number of primary amides is 1. The number of phenolic OH excluding ortho intramolecular Hbond substituents is 1. The summed E-state index contributed by atoms with van der Waals surface area (Å²) in [5.41, 5.74) is 5.84. The van der Waals surface area contributed by atoms with E-state index in [-0.39, 0.29) is 12.4 Å². The summed E-state index contributed by atoms with van der Waals surface area (Å²) >= 11 is 0. The zero-order valence-corrected chi connectivity index (χ0v) is 11.6. The molecule has 0 aromatic heterocycles. The molecule has 112 valence electrons. The van der Waals surface area contributed by atoms with Crippen LogP contribution in [0.3, 0.4) is 0 Å². The Labute approximate surface area is 117 Å². The molecule has 0 atom stereocenters. The van der Waals surface area contributed by atoms with Crippen molar-refractivity contribution in [1.29, 1.82) is 0 Å². The maximum atomic E-state index is 10.5. The molecule has 0 spiro atoms. The number of hydrogen-bond donors (Lipinski definition) is 3. The largest absolute Gasteiger partial charge is 0.502 e. The second kappa shape index (κ2) is 8.23. The number of nitrogens with one attached hydrogen (secondary N) is 1. The van der Waals surface area contributed by atoms with Gasteiger partial charge in [-0.3, -0.25) is 4.79 Å². The van der Waals surface area contributed by atoms with Gasteiger partial charge >= 0.3 is 0 Å². The summed E-state index contributed by atoms with van der Waals surface area (Å²) in [6, 6.07) is 3.43. The Kier molecular flexibility index (Phi) is 6.61. The van der Waals surface area contributed by atoms with Crippen molar-refractivity contribution >= 4 is 5.91 Å². The standard InChI is InChI=1S/C13H20N2O5/c1-18-10-5-9(6-11(19-2)13(10)17)7-15-3-4-20-8-12(14)16/h5-6,15,17H,3-4,7-8H2,1-2H3,(H2,14,16). The molecule has 20 heavy (non-hydrogen) atoms. The van der Waals surface area contributed by atoms with Gasteiger partial charge in [-0.05, 0) is 17.7 Å². The zero-order chi connectivity index (χ0) is 15.0. The molecule has 0 unspecified atom stereocenters. The molecule has 1 amide bonds. The van der Waals surface area contributed by atoms with Gasteiger partial charge in [0.05, 0.1) is 20.8 Å². The molecule has 4 N–H and O–H groups in total. The van der Waals surface area contributed by atoms with Crippen molar-refractivity contribution in [2.45, 2.75) is 6.54 Å². The Morgan fingerprint density at radius 1 is 1.30 bits per heavy atom. The summed E-state index contributed by atoms with van der Waals surface area (Å²) in [7, 11) is 2.95. The topological polar surface area (TPSA) is 103 Å². The highest BCUT2D eigenvalue weighted by Gasteiger charge is 2.10. The van der Waals surface area contributed by atoms with Crippen molar-refractivity contribution in [2.24, 2.45) is 5.73 Å². The van der Waals surface area contributed by atoms with E-state index in [1.807, 2.05) is 0 Å². The summed E-state index contributed by atoms with van der Waals surface area (Å²) < 4.78 is 15.1. The molecule has 0 radical (unpaired) electrons. The van der Waals surface area contributed by atoms with Crippen LogP contribution in [0.5, 0.6) is 17.2 Å². The molecular weight excluding hydrogens is 264 g/mol. The van der Waals surface area contributed by atoms with Crippen molar-refractivity contribution < 1.29 is 24.1 Å². The van der Waals surface area contributed by atoms with Crippen LogP contribution in [0, 0.1) is 0 Å². The number of nitrogens with two attached hydrogens (primary N) is 1. The number of aromatic hydroxyl groups is 1. The van der Waals surface area contributed by atoms with E-state index in [0.29, 0.717) is 31.2 Å². The number of rotatable bonds is 9. The van der Waals surface area contributed by atoms with Crippen LogP contribution in [-0.2, 0) is 16.1 Å². The van der Waals surface area contributed by atoms with E-state index in [4.69, 9.17) is 19.9 Å². The third-order valence-corrected chi connectivity index (χ3v) is 2.54. The number of benzene rings is 1. The lowest BCUT2D eigenvalue weighted by Gasteiger charge is -2.12. The Balaban J connectivity index is 2.45. The van der Waals surface area contributed by atoms with Crippen LogP contribution >= 0.6 is 0 Å². The van der Waals surface area contributed by atoms with Crippen molar-refractivity contribution in [1.82, 2.24) is 5.32 Å². The van der Waals surface area contributed by atoms with E-state index >= 15 is 0 Å². The van der Waals surface area contributed by atoms with Crippen LogP contribution in [-0.4, -0.2) is 45.0 Å². The van der Waals surface area contributed by atoms with Gasteiger partial charge in [0.15, 0.2) is 11.5 Å². The number of methoxy groups -OCH3 is 2. The third kappa shape index (κ3) is 4.94. The minimum Gasteiger partial charge on any atom is -0.502 e. The Bertz CT molecular complexity index is 425. The van der Waals surface area contributed by atoms with Crippen molar-refractivity contribution in [2.75, 3.05) is 34.0 Å². The normalized spacial score (nSPS) is 10.3. The van der Waals surface area contributed by atoms with Crippen molar-refractivity contribution in [3.8, 4) is 17.2 Å². The van der Waals surface area contributed by atoms with Crippen LogP contribution in [0.1, 0.15) is 5.56 Å². The minimum atomic E-state index is -0.488. The molecule has 0 fully saturated rings. The molecule has 0 aliphatic carbocycles. The van der Waals surface area contributed by atoms with Gasteiger partial charge in [-0.25, -0.2) is 0 Å². The van der Waals surface area contributed by atoms with E-state index < -0.39 is 5.91 Å². The first-order chi connectivity index (χ1) is 9.58. The molecule has 0 saturated heterocycles. The van der Waals surface area contributed by atoms with Crippen LogP contribution in [0.2, 0.25) is 0 Å². The highest BCUT2D eigenvalue weighted by Crippen LogP contribution is 2.36. The smallest absolute Gasteiger partial charge is 0.243 e. The third-order valence-electron chi connectivity index (χ3n) is 2.54. The number of phenols is 1. The number of carbonyl (C=O) groups excluding carboxylic acids is 1. The number of hydrogen-bond acceptors (Lipinski definition) is 6. The summed E-state index contributed by atoms with van der Waals surface area (Å²) in [6.45, 7) is 1.42. The average Bonchev–Trinajstić information content (AvgIpc) is 2.43. The summed E-state index contributed by atoms with van der Waals surface area (Å²) in [5.74, 6) is 0.193. The fraction of sp³-hybridized carbons (Fsp3) is 0.462. The second-order valence-electron chi connectivity index (χ2n) is 4.04. The molecule has 1 rings (SSSR count). The Morgan fingerprint density at radius 2 is 1.90 bits per heavy atom. The van der Waals surface area contributed by atoms with Gasteiger partial charge in [-0.1, -0.05) is 0 Å².